The molecule has 2 N–H and O–H groups in total. The average Bonchev–Trinajstić information content (AvgIpc) is 2.32. The van der Waals surface area contributed by atoms with E-state index in [2.05, 4.69) is 46.0 Å². The molecule has 2 aromatic rings. The summed E-state index contributed by atoms with van der Waals surface area (Å²) in [5.41, 5.74) is 10.0. The number of hydrogen-bond donors (Lipinski definition) is 1. The maximum absolute atomic E-state index is 5.79. The molecule has 17 heavy (non-hydrogen) atoms. The van der Waals surface area contributed by atoms with Crippen molar-refractivity contribution in [3.63, 3.8) is 0 Å². The molecule has 0 aliphatic heterocycles. The molecular formula is C14H15BrN2. The Morgan fingerprint density at radius 2 is 1.76 bits per heavy atom. The number of rotatable bonds is 2. The zero-order valence-electron chi connectivity index (χ0n) is 9.94. The summed E-state index contributed by atoms with van der Waals surface area (Å²) in [6, 6.07) is 14.2. The number of nitrogens with zero attached hydrogens (tertiary/aromatic N) is 1. The topological polar surface area (TPSA) is 29.3 Å². The van der Waals surface area contributed by atoms with E-state index in [1.54, 1.807) is 0 Å². The van der Waals surface area contributed by atoms with Gasteiger partial charge in [-0.15, -0.1) is 0 Å². The largest absolute Gasteiger partial charge is 0.399 e. The Hall–Kier alpha value is -1.48. The number of aryl methyl sites for hydroxylation is 1. The second kappa shape index (κ2) is 4.80. The van der Waals surface area contributed by atoms with Crippen LogP contribution in [0.4, 0.5) is 17.1 Å². The molecule has 0 heterocycles. The highest BCUT2D eigenvalue weighted by Gasteiger charge is 2.05. The molecule has 0 aliphatic rings. The van der Waals surface area contributed by atoms with Crippen LogP contribution in [0.25, 0.3) is 0 Å². The van der Waals surface area contributed by atoms with Gasteiger partial charge >= 0.3 is 0 Å². The van der Waals surface area contributed by atoms with Crippen LogP contribution >= 0.6 is 15.9 Å². The highest BCUT2D eigenvalue weighted by atomic mass is 79.9. The Bertz CT molecular complexity index is 537. The van der Waals surface area contributed by atoms with Crippen molar-refractivity contribution in [1.29, 1.82) is 0 Å². The van der Waals surface area contributed by atoms with Crippen LogP contribution < -0.4 is 10.6 Å². The van der Waals surface area contributed by atoms with Crippen molar-refractivity contribution in [3.05, 3.63) is 52.5 Å². The van der Waals surface area contributed by atoms with E-state index >= 15 is 0 Å². The van der Waals surface area contributed by atoms with Gasteiger partial charge in [-0.1, -0.05) is 28.1 Å². The van der Waals surface area contributed by atoms with Crippen LogP contribution in [0.5, 0.6) is 0 Å². The zero-order valence-corrected chi connectivity index (χ0v) is 11.5. The first kappa shape index (κ1) is 12.0. The molecule has 2 aromatic carbocycles. The molecule has 0 radical (unpaired) electrons. The van der Waals surface area contributed by atoms with Crippen LogP contribution in [-0.2, 0) is 0 Å². The Morgan fingerprint density at radius 3 is 2.41 bits per heavy atom. The second-order valence-corrected chi connectivity index (χ2v) is 4.94. The molecule has 0 spiro atoms. The maximum Gasteiger partial charge on any atom is 0.0428 e. The van der Waals surface area contributed by atoms with Gasteiger partial charge in [0.1, 0.15) is 0 Å². The standard InChI is InChI=1S/C14H15BrN2/c1-10-6-7-13(9-14(10)15)17(2)12-5-3-4-11(16)8-12/h3-9H,16H2,1-2H3. The predicted octanol–water partition coefficient (Wildman–Crippen LogP) is 4.11. The highest BCUT2D eigenvalue weighted by molar-refractivity contribution is 9.10. The van der Waals surface area contributed by atoms with E-state index in [9.17, 15) is 0 Å². The van der Waals surface area contributed by atoms with Gasteiger partial charge in [0.25, 0.3) is 0 Å². The number of hydrogen-bond acceptors (Lipinski definition) is 2. The summed E-state index contributed by atoms with van der Waals surface area (Å²) in [6.45, 7) is 2.08. The highest BCUT2D eigenvalue weighted by Crippen LogP contribution is 2.28. The number of nitrogens with two attached hydrogens (primary N) is 1. The van der Waals surface area contributed by atoms with Gasteiger partial charge in [0.15, 0.2) is 0 Å². The van der Waals surface area contributed by atoms with E-state index in [4.69, 9.17) is 5.73 Å². The molecule has 0 bridgehead atoms. The molecular weight excluding hydrogens is 276 g/mol. The average molecular weight is 291 g/mol. The first-order valence-corrected chi connectivity index (χ1v) is 6.22. The molecule has 0 aromatic heterocycles. The Kier molecular flexibility index (Phi) is 3.38. The minimum absolute atomic E-state index is 0.778. The molecule has 0 fully saturated rings. The smallest absolute Gasteiger partial charge is 0.0428 e. The molecule has 0 atom stereocenters. The number of halogens is 1. The van der Waals surface area contributed by atoms with Gasteiger partial charge in [-0.05, 0) is 42.8 Å². The fourth-order valence-electron chi connectivity index (χ4n) is 1.67. The van der Waals surface area contributed by atoms with E-state index in [1.165, 1.54) is 5.56 Å². The maximum atomic E-state index is 5.79. The molecule has 88 valence electrons. The Labute approximate surface area is 110 Å². The van der Waals surface area contributed by atoms with Crippen molar-refractivity contribution in [3.8, 4) is 0 Å². The van der Waals surface area contributed by atoms with Crippen LogP contribution in [0.1, 0.15) is 5.56 Å². The second-order valence-electron chi connectivity index (χ2n) is 4.09. The lowest BCUT2D eigenvalue weighted by Crippen LogP contribution is -2.09. The Balaban J connectivity index is 2.36. The molecule has 0 unspecified atom stereocenters. The minimum Gasteiger partial charge on any atom is -0.399 e. The summed E-state index contributed by atoms with van der Waals surface area (Å²) in [6.07, 6.45) is 0. The Morgan fingerprint density at radius 1 is 1.06 bits per heavy atom. The summed E-state index contributed by atoms with van der Waals surface area (Å²) >= 11 is 3.55. The quantitative estimate of drug-likeness (QED) is 0.844. The van der Waals surface area contributed by atoms with E-state index in [1.807, 2.05) is 31.3 Å². The van der Waals surface area contributed by atoms with Gasteiger partial charge in [-0.3, -0.25) is 0 Å². The lowest BCUT2D eigenvalue weighted by atomic mass is 10.2. The van der Waals surface area contributed by atoms with Gasteiger partial charge in [-0.2, -0.15) is 0 Å². The summed E-state index contributed by atoms with van der Waals surface area (Å²) in [4.78, 5) is 2.11. The normalized spacial score (nSPS) is 10.3. The van der Waals surface area contributed by atoms with Crippen LogP contribution in [0.2, 0.25) is 0 Å². The van der Waals surface area contributed by atoms with Crippen molar-refractivity contribution in [2.75, 3.05) is 17.7 Å². The number of nitrogen functional groups attached to an aromatic ring is 1. The van der Waals surface area contributed by atoms with E-state index in [-0.39, 0.29) is 0 Å². The van der Waals surface area contributed by atoms with Gasteiger partial charge in [-0.25, -0.2) is 0 Å². The summed E-state index contributed by atoms with van der Waals surface area (Å²) in [5.74, 6) is 0. The third-order valence-corrected chi connectivity index (χ3v) is 3.65. The lowest BCUT2D eigenvalue weighted by Gasteiger charge is -2.20. The molecule has 2 rings (SSSR count). The predicted molar refractivity (Wildman–Crippen MR) is 77.8 cm³/mol. The van der Waals surface area contributed by atoms with Gasteiger partial charge in [0, 0.05) is 28.6 Å². The first-order chi connectivity index (χ1) is 8.08. The molecule has 0 saturated heterocycles. The number of anilines is 3. The van der Waals surface area contributed by atoms with Crippen LogP contribution in [0, 0.1) is 6.92 Å². The minimum atomic E-state index is 0.778. The SMILES string of the molecule is Cc1ccc(N(C)c2cccc(N)c2)cc1Br. The van der Waals surface area contributed by atoms with Gasteiger partial charge in [0.2, 0.25) is 0 Å². The van der Waals surface area contributed by atoms with Crippen molar-refractivity contribution in [2.45, 2.75) is 6.92 Å². The van der Waals surface area contributed by atoms with E-state index < -0.39 is 0 Å². The summed E-state index contributed by atoms with van der Waals surface area (Å²) < 4.78 is 1.12. The monoisotopic (exact) mass is 290 g/mol. The van der Waals surface area contributed by atoms with Crippen molar-refractivity contribution < 1.29 is 0 Å². The third kappa shape index (κ3) is 2.61. The van der Waals surface area contributed by atoms with E-state index in [0.717, 1.165) is 21.5 Å². The van der Waals surface area contributed by atoms with E-state index in [0.29, 0.717) is 0 Å². The molecule has 3 heteroatoms. The molecule has 0 amide bonds. The molecule has 2 nitrogen and oxygen atoms in total. The fraction of sp³-hybridized carbons (Fsp3) is 0.143. The summed E-state index contributed by atoms with van der Waals surface area (Å²) in [7, 11) is 2.03. The summed E-state index contributed by atoms with van der Waals surface area (Å²) in [5, 5.41) is 0. The molecule has 0 saturated carbocycles. The van der Waals surface area contributed by atoms with Crippen LogP contribution in [-0.4, -0.2) is 7.05 Å². The van der Waals surface area contributed by atoms with Crippen molar-refractivity contribution in [2.24, 2.45) is 0 Å². The third-order valence-electron chi connectivity index (χ3n) is 2.80. The molecule has 0 aliphatic carbocycles. The van der Waals surface area contributed by atoms with Crippen molar-refractivity contribution >= 4 is 33.0 Å². The first-order valence-electron chi connectivity index (χ1n) is 5.43. The van der Waals surface area contributed by atoms with Crippen molar-refractivity contribution in [1.82, 2.24) is 0 Å². The van der Waals surface area contributed by atoms with Gasteiger partial charge in [0.05, 0.1) is 0 Å². The number of benzene rings is 2. The lowest BCUT2D eigenvalue weighted by molar-refractivity contribution is 1.20. The van der Waals surface area contributed by atoms with Crippen LogP contribution in [0.3, 0.4) is 0 Å². The fourth-order valence-corrected chi connectivity index (χ4v) is 2.04. The van der Waals surface area contributed by atoms with Gasteiger partial charge < -0.3 is 10.6 Å². The van der Waals surface area contributed by atoms with Crippen LogP contribution in [0.15, 0.2) is 46.9 Å². The zero-order chi connectivity index (χ0) is 12.4.